The standard InChI is InChI=1S/C20H23F3N4O3S/c21-20(22,23)16-5-7-17(8-6-16)25-19(28)15-2-1-9-27(11-15)31(29,30)18-12-26(13-24-18)10-14-3-4-14/h5-8,12-15H,1-4,9-11H2,(H,25,28)/t15-/m1/s1. The van der Waals surface area contributed by atoms with Crippen LogP contribution in [-0.4, -0.2) is 41.3 Å². The Morgan fingerprint density at radius 2 is 1.87 bits per heavy atom. The Morgan fingerprint density at radius 1 is 1.16 bits per heavy atom. The number of amides is 1. The average Bonchev–Trinajstić information content (AvgIpc) is 3.41. The highest BCUT2D eigenvalue weighted by Gasteiger charge is 2.35. The molecule has 0 radical (unpaired) electrons. The van der Waals surface area contributed by atoms with Gasteiger partial charge in [-0.25, -0.2) is 13.4 Å². The van der Waals surface area contributed by atoms with E-state index in [4.69, 9.17) is 0 Å². The molecule has 1 atom stereocenters. The molecule has 2 fully saturated rings. The van der Waals surface area contributed by atoms with Gasteiger partial charge in [0.25, 0.3) is 10.0 Å². The molecule has 1 aliphatic carbocycles. The largest absolute Gasteiger partial charge is 0.416 e. The highest BCUT2D eigenvalue weighted by Crippen LogP contribution is 2.32. The summed E-state index contributed by atoms with van der Waals surface area (Å²) in [5.74, 6) is -0.434. The maximum Gasteiger partial charge on any atom is 0.416 e. The van der Waals surface area contributed by atoms with Crippen molar-refractivity contribution >= 4 is 21.6 Å². The predicted octanol–water partition coefficient (Wildman–Crippen LogP) is 3.35. The number of alkyl halides is 3. The van der Waals surface area contributed by atoms with E-state index >= 15 is 0 Å². The van der Waals surface area contributed by atoms with Crippen LogP contribution >= 0.6 is 0 Å². The van der Waals surface area contributed by atoms with Gasteiger partial charge in [-0.1, -0.05) is 0 Å². The molecule has 4 rings (SSSR count). The fraction of sp³-hybridized carbons (Fsp3) is 0.500. The summed E-state index contributed by atoms with van der Waals surface area (Å²) in [6, 6.07) is 4.16. The van der Waals surface area contributed by atoms with E-state index in [1.54, 1.807) is 4.57 Å². The first-order valence-electron chi connectivity index (χ1n) is 10.1. The molecule has 2 aromatic rings. The zero-order valence-corrected chi connectivity index (χ0v) is 17.5. The third-order valence-electron chi connectivity index (χ3n) is 5.61. The lowest BCUT2D eigenvalue weighted by atomic mass is 9.98. The number of piperidine rings is 1. The van der Waals surface area contributed by atoms with E-state index in [1.807, 2.05) is 0 Å². The van der Waals surface area contributed by atoms with Gasteiger partial charge in [0, 0.05) is 31.5 Å². The maximum atomic E-state index is 13.0. The quantitative estimate of drug-likeness (QED) is 0.723. The van der Waals surface area contributed by atoms with Crippen LogP contribution in [0.25, 0.3) is 0 Å². The van der Waals surface area contributed by atoms with Crippen LogP contribution in [0.5, 0.6) is 0 Å². The van der Waals surface area contributed by atoms with Crippen molar-refractivity contribution in [3.05, 3.63) is 42.4 Å². The maximum absolute atomic E-state index is 13.0. The number of aromatic nitrogens is 2. The van der Waals surface area contributed by atoms with Crippen LogP contribution in [0.4, 0.5) is 18.9 Å². The minimum absolute atomic E-state index is 0.00425. The van der Waals surface area contributed by atoms with E-state index < -0.39 is 33.6 Å². The highest BCUT2D eigenvalue weighted by molar-refractivity contribution is 7.89. The van der Waals surface area contributed by atoms with Crippen molar-refractivity contribution in [1.29, 1.82) is 0 Å². The molecule has 1 aromatic heterocycles. The third-order valence-corrected chi connectivity index (χ3v) is 7.37. The summed E-state index contributed by atoms with van der Waals surface area (Å²) in [5.41, 5.74) is -0.571. The lowest BCUT2D eigenvalue weighted by Crippen LogP contribution is -2.43. The van der Waals surface area contributed by atoms with Crippen molar-refractivity contribution in [2.75, 3.05) is 18.4 Å². The molecule has 1 aromatic carbocycles. The van der Waals surface area contributed by atoms with Crippen LogP contribution in [0.15, 0.2) is 41.8 Å². The van der Waals surface area contributed by atoms with Crippen molar-refractivity contribution in [2.45, 2.75) is 43.4 Å². The second kappa shape index (κ2) is 8.27. The zero-order chi connectivity index (χ0) is 22.2. The minimum atomic E-state index is -4.45. The number of nitrogens with zero attached hydrogens (tertiary/aromatic N) is 3. The number of rotatable bonds is 6. The number of hydrogen-bond acceptors (Lipinski definition) is 4. The summed E-state index contributed by atoms with van der Waals surface area (Å²) < 4.78 is 67.0. The van der Waals surface area contributed by atoms with Gasteiger partial charge < -0.3 is 9.88 Å². The summed E-state index contributed by atoms with van der Waals surface area (Å²) in [6.45, 7) is 1.05. The molecule has 0 spiro atoms. The molecule has 11 heteroatoms. The van der Waals surface area contributed by atoms with Gasteiger partial charge in [-0.2, -0.15) is 17.5 Å². The average molecular weight is 456 g/mol. The lowest BCUT2D eigenvalue weighted by molar-refractivity contribution is -0.137. The molecule has 1 saturated carbocycles. The molecule has 1 N–H and O–H groups in total. The summed E-state index contributed by atoms with van der Waals surface area (Å²) >= 11 is 0. The second-order valence-corrected chi connectivity index (χ2v) is 10.0. The molecule has 168 valence electrons. The fourth-order valence-electron chi connectivity index (χ4n) is 3.67. The fourth-order valence-corrected chi connectivity index (χ4v) is 5.12. The Morgan fingerprint density at radius 3 is 2.52 bits per heavy atom. The Balaban J connectivity index is 1.40. The molecular weight excluding hydrogens is 433 g/mol. The first-order valence-corrected chi connectivity index (χ1v) is 11.6. The number of sulfonamides is 1. The first kappa shape index (κ1) is 21.8. The minimum Gasteiger partial charge on any atom is -0.336 e. The van der Waals surface area contributed by atoms with Crippen molar-refractivity contribution in [3.8, 4) is 0 Å². The van der Waals surface area contributed by atoms with Crippen LogP contribution in [0.3, 0.4) is 0 Å². The second-order valence-electron chi connectivity index (χ2n) is 8.12. The van der Waals surface area contributed by atoms with Gasteiger partial charge in [0.2, 0.25) is 5.91 Å². The number of nitrogens with one attached hydrogen (secondary N) is 1. The van der Waals surface area contributed by atoms with E-state index in [0.29, 0.717) is 25.3 Å². The predicted molar refractivity (Wildman–Crippen MR) is 107 cm³/mol. The van der Waals surface area contributed by atoms with Crippen molar-refractivity contribution in [1.82, 2.24) is 13.9 Å². The molecule has 1 amide bonds. The van der Waals surface area contributed by atoms with Crippen molar-refractivity contribution in [2.24, 2.45) is 11.8 Å². The molecule has 1 aliphatic heterocycles. The summed E-state index contributed by atoms with van der Waals surface area (Å²) in [5, 5.41) is 2.56. The molecule has 0 bridgehead atoms. The van der Waals surface area contributed by atoms with Gasteiger partial charge in [0.1, 0.15) is 0 Å². The Bertz CT molecular complexity index is 1050. The van der Waals surface area contributed by atoms with Crippen LogP contribution < -0.4 is 5.32 Å². The van der Waals surface area contributed by atoms with Gasteiger partial charge >= 0.3 is 6.18 Å². The van der Waals surface area contributed by atoms with Gasteiger partial charge in [-0.3, -0.25) is 4.79 Å². The Labute approximate surface area is 178 Å². The summed E-state index contributed by atoms with van der Waals surface area (Å²) in [4.78, 5) is 16.7. The number of benzene rings is 1. The van der Waals surface area contributed by atoms with Crippen molar-refractivity contribution in [3.63, 3.8) is 0 Å². The molecule has 0 unspecified atom stereocenters. The molecular formula is C20H23F3N4O3S. The summed E-state index contributed by atoms with van der Waals surface area (Å²) in [6.07, 6.45) is 1.88. The monoisotopic (exact) mass is 456 g/mol. The van der Waals surface area contributed by atoms with Crippen LogP contribution in [-0.2, 0) is 27.5 Å². The number of carbonyl (C=O) groups excluding carboxylic acids is 1. The van der Waals surface area contributed by atoms with Crippen molar-refractivity contribution < 1.29 is 26.4 Å². The SMILES string of the molecule is O=C(Nc1ccc(C(F)(F)F)cc1)[C@@H]1CCCN(S(=O)(=O)c2cn(CC3CC3)cn2)C1. The molecule has 2 heterocycles. The number of carbonyl (C=O) groups is 1. The Kier molecular flexibility index (Phi) is 5.82. The van der Waals surface area contributed by atoms with E-state index in [2.05, 4.69) is 10.3 Å². The number of anilines is 1. The first-order chi connectivity index (χ1) is 14.6. The van der Waals surface area contributed by atoms with Gasteiger partial charge in [0.05, 0.1) is 17.8 Å². The zero-order valence-electron chi connectivity index (χ0n) is 16.7. The van der Waals surface area contributed by atoms with Gasteiger partial charge in [-0.15, -0.1) is 0 Å². The normalized spacial score (nSPS) is 20.5. The summed E-state index contributed by atoms with van der Waals surface area (Å²) in [7, 11) is -3.82. The molecule has 2 aliphatic rings. The smallest absolute Gasteiger partial charge is 0.336 e. The van der Waals surface area contributed by atoms with E-state index in [9.17, 15) is 26.4 Å². The van der Waals surface area contributed by atoms with E-state index in [0.717, 1.165) is 31.5 Å². The highest BCUT2D eigenvalue weighted by atomic mass is 32.2. The Hall–Kier alpha value is -2.40. The lowest BCUT2D eigenvalue weighted by Gasteiger charge is -2.30. The number of halogens is 3. The molecule has 31 heavy (non-hydrogen) atoms. The van der Waals surface area contributed by atoms with E-state index in [1.165, 1.54) is 29.0 Å². The van der Waals surface area contributed by atoms with E-state index in [-0.39, 0.29) is 17.3 Å². The van der Waals surface area contributed by atoms with Crippen LogP contribution in [0, 0.1) is 11.8 Å². The molecule has 7 nitrogen and oxygen atoms in total. The third kappa shape index (κ3) is 5.09. The van der Waals surface area contributed by atoms with Gasteiger partial charge in [0.15, 0.2) is 5.03 Å². The number of imidazole rings is 1. The molecule has 1 saturated heterocycles. The van der Waals surface area contributed by atoms with Crippen LogP contribution in [0.2, 0.25) is 0 Å². The topological polar surface area (TPSA) is 84.3 Å². The van der Waals surface area contributed by atoms with Crippen LogP contribution in [0.1, 0.15) is 31.2 Å². The number of hydrogen-bond donors (Lipinski definition) is 1. The van der Waals surface area contributed by atoms with Gasteiger partial charge in [-0.05, 0) is 55.9 Å².